The van der Waals surface area contributed by atoms with Crippen LogP contribution in [0, 0.1) is 0 Å². The molecule has 1 rings (SSSR count). The highest BCUT2D eigenvalue weighted by atomic mass is 32.1. The normalized spacial score (nSPS) is 13.1. The maximum Gasteiger partial charge on any atom is 0.124 e. The van der Waals surface area contributed by atoms with Gasteiger partial charge in [-0.1, -0.05) is 18.3 Å². The van der Waals surface area contributed by atoms with Gasteiger partial charge in [0.05, 0.1) is 5.69 Å². The largest absolute Gasteiger partial charge is 0.389 e. The van der Waals surface area contributed by atoms with Crippen LogP contribution in [0.4, 0.5) is 5.00 Å². The first-order valence-corrected chi connectivity index (χ1v) is 5.42. The number of aliphatic hydroxyl groups is 1. The van der Waals surface area contributed by atoms with Gasteiger partial charge in [-0.25, -0.2) is 4.98 Å². The van der Waals surface area contributed by atoms with Gasteiger partial charge in [-0.2, -0.15) is 0 Å². The summed E-state index contributed by atoms with van der Waals surface area (Å²) in [6.07, 6.45) is 0.814. The first kappa shape index (κ1) is 11.4. The first-order chi connectivity index (χ1) is 6.69. The number of methoxy groups -OCH3 is 1. The molecule has 0 bridgehead atoms. The first-order valence-electron chi connectivity index (χ1n) is 4.61. The zero-order valence-corrected chi connectivity index (χ0v) is 9.30. The maximum absolute atomic E-state index is 9.70. The molecule has 0 saturated heterocycles. The SMILES string of the molecule is CCc1nc(C(O)CCOC)sc1N. The molecule has 1 aromatic heterocycles. The highest BCUT2D eigenvalue weighted by molar-refractivity contribution is 7.15. The van der Waals surface area contributed by atoms with Crippen molar-refractivity contribution in [3.8, 4) is 0 Å². The molecule has 0 saturated carbocycles. The number of aryl methyl sites for hydroxylation is 1. The average molecular weight is 216 g/mol. The fraction of sp³-hybridized carbons (Fsp3) is 0.667. The standard InChI is InChI=1S/C9H16N2O2S/c1-3-6-8(10)14-9(11-6)7(12)4-5-13-2/h7,12H,3-5,10H2,1-2H3. The Bertz CT molecular complexity index is 288. The van der Waals surface area contributed by atoms with Crippen molar-refractivity contribution < 1.29 is 9.84 Å². The van der Waals surface area contributed by atoms with Gasteiger partial charge in [0.15, 0.2) is 0 Å². The lowest BCUT2D eigenvalue weighted by Crippen LogP contribution is -2.01. The zero-order valence-electron chi connectivity index (χ0n) is 8.49. The van der Waals surface area contributed by atoms with Gasteiger partial charge in [-0.05, 0) is 6.42 Å². The number of aliphatic hydroxyl groups excluding tert-OH is 1. The molecular weight excluding hydrogens is 200 g/mol. The third-order valence-corrected chi connectivity index (χ3v) is 2.99. The lowest BCUT2D eigenvalue weighted by Gasteiger charge is -2.05. The van der Waals surface area contributed by atoms with Gasteiger partial charge in [0.2, 0.25) is 0 Å². The van der Waals surface area contributed by atoms with Crippen molar-refractivity contribution >= 4 is 16.3 Å². The van der Waals surface area contributed by atoms with Gasteiger partial charge in [-0.15, -0.1) is 0 Å². The number of rotatable bonds is 5. The number of anilines is 1. The molecule has 0 aromatic carbocycles. The van der Waals surface area contributed by atoms with Crippen molar-refractivity contribution in [3.63, 3.8) is 0 Å². The summed E-state index contributed by atoms with van der Waals surface area (Å²) in [5, 5.41) is 11.1. The molecule has 4 nitrogen and oxygen atoms in total. The van der Waals surface area contributed by atoms with E-state index in [-0.39, 0.29) is 0 Å². The van der Waals surface area contributed by atoms with Crippen LogP contribution in [0.25, 0.3) is 0 Å². The fourth-order valence-corrected chi connectivity index (χ4v) is 2.07. The number of nitrogens with zero attached hydrogens (tertiary/aromatic N) is 1. The molecule has 0 radical (unpaired) electrons. The van der Waals surface area contributed by atoms with E-state index in [0.29, 0.717) is 23.0 Å². The van der Waals surface area contributed by atoms with Gasteiger partial charge < -0.3 is 15.6 Å². The Kier molecular flexibility index (Phi) is 4.31. The van der Waals surface area contributed by atoms with Crippen LogP contribution >= 0.6 is 11.3 Å². The van der Waals surface area contributed by atoms with E-state index in [4.69, 9.17) is 10.5 Å². The summed E-state index contributed by atoms with van der Waals surface area (Å²) >= 11 is 1.36. The van der Waals surface area contributed by atoms with E-state index in [1.165, 1.54) is 11.3 Å². The van der Waals surface area contributed by atoms with Gasteiger partial charge in [-0.3, -0.25) is 0 Å². The Balaban J connectivity index is 2.65. The van der Waals surface area contributed by atoms with Crippen LogP contribution < -0.4 is 5.73 Å². The molecule has 1 unspecified atom stereocenters. The minimum Gasteiger partial charge on any atom is -0.389 e. The lowest BCUT2D eigenvalue weighted by atomic mass is 10.3. The van der Waals surface area contributed by atoms with E-state index in [9.17, 15) is 5.11 Å². The lowest BCUT2D eigenvalue weighted by molar-refractivity contribution is 0.110. The minimum absolute atomic E-state index is 0.530. The second-order valence-electron chi connectivity index (χ2n) is 3.01. The Hall–Kier alpha value is -0.650. The number of hydrogen-bond donors (Lipinski definition) is 2. The summed E-state index contributed by atoms with van der Waals surface area (Å²) < 4.78 is 4.88. The highest BCUT2D eigenvalue weighted by Crippen LogP contribution is 2.27. The summed E-state index contributed by atoms with van der Waals surface area (Å²) in [7, 11) is 1.61. The molecule has 0 fully saturated rings. The molecule has 14 heavy (non-hydrogen) atoms. The van der Waals surface area contributed by atoms with Crippen LogP contribution in [0.3, 0.4) is 0 Å². The molecule has 0 spiro atoms. The Labute approximate surface area is 87.7 Å². The highest BCUT2D eigenvalue weighted by Gasteiger charge is 2.14. The third kappa shape index (κ3) is 2.67. The average Bonchev–Trinajstić information content (AvgIpc) is 2.56. The van der Waals surface area contributed by atoms with Crippen LogP contribution in [0.15, 0.2) is 0 Å². The topological polar surface area (TPSA) is 68.4 Å². The molecule has 5 heteroatoms. The summed E-state index contributed by atoms with van der Waals surface area (Å²) in [5.74, 6) is 0. The van der Waals surface area contributed by atoms with Gasteiger partial charge in [0.1, 0.15) is 16.1 Å². The van der Waals surface area contributed by atoms with Gasteiger partial charge >= 0.3 is 0 Å². The Morgan fingerprint density at radius 2 is 2.36 bits per heavy atom. The molecule has 0 aliphatic carbocycles. The monoisotopic (exact) mass is 216 g/mol. The van der Waals surface area contributed by atoms with Crippen molar-refractivity contribution in [3.05, 3.63) is 10.7 Å². The molecule has 0 amide bonds. The second kappa shape index (κ2) is 5.29. The number of nitrogens with two attached hydrogens (primary N) is 1. The summed E-state index contributed by atoms with van der Waals surface area (Å²) in [4.78, 5) is 4.27. The number of aromatic nitrogens is 1. The summed E-state index contributed by atoms with van der Waals surface area (Å²) in [6, 6.07) is 0. The van der Waals surface area contributed by atoms with E-state index < -0.39 is 6.10 Å². The van der Waals surface area contributed by atoms with Crippen LogP contribution in [0.1, 0.15) is 30.2 Å². The molecular formula is C9H16N2O2S. The fourth-order valence-electron chi connectivity index (χ4n) is 1.13. The maximum atomic E-state index is 9.70. The number of nitrogen functional groups attached to an aromatic ring is 1. The number of hydrogen-bond acceptors (Lipinski definition) is 5. The zero-order chi connectivity index (χ0) is 10.6. The molecule has 1 aromatic rings. The predicted octanol–water partition coefficient (Wildman–Crippen LogP) is 1.36. The second-order valence-corrected chi connectivity index (χ2v) is 4.08. The van der Waals surface area contributed by atoms with Gasteiger partial charge in [0, 0.05) is 20.1 Å². The van der Waals surface area contributed by atoms with Crippen LogP contribution in [0.2, 0.25) is 0 Å². The van der Waals surface area contributed by atoms with E-state index >= 15 is 0 Å². The van der Waals surface area contributed by atoms with Crippen molar-refractivity contribution in [2.24, 2.45) is 0 Å². The van der Waals surface area contributed by atoms with Crippen molar-refractivity contribution in [1.29, 1.82) is 0 Å². The summed E-state index contributed by atoms with van der Waals surface area (Å²) in [6.45, 7) is 2.53. The minimum atomic E-state index is -0.553. The third-order valence-electron chi connectivity index (χ3n) is 1.96. The van der Waals surface area contributed by atoms with E-state index in [1.54, 1.807) is 7.11 Å². The number of ether oxygens (including phenoxy) is 1. The molecule has 1 atom stereocenters. The molecule has 80 valence electrons. The van der Waals surface area contributed by atoms with Crippen molar-refractivity contribution in [1.82, 2.24) is 4.98 Å². The van der Waals surface area contributed by atoms with Crippen LogP contribution in [-0.4, -0.2) is 23.8 Å². The number of thiazole rings is 1. The quantitative estimate of drug-likeness (QED) is 0.779. The smallest absolute Gasteiger partial charge is 0.124 e. The van der Waals surface area contributed by atoms with Crippen LogP contribution in [-0.2, 0) is 11.2 Å². The summed E-state index contributed by atoms with van der Waals surface area (Å²) in [5.41, 5.74) is 6.61. The van der Waals surface area contributed by atoms with E-state index in [2.05, 4.69) is 4.98 Å². The van der Waals surface area contributed by atoms with Crippen molar-refractivity contribution in [2.45, 2.75) is 25.9 Å². The predicted molar refractivity (Wildman–Crippen MR) is 57.4 cm³/mol. The van der Waals surface area contributed by atoms with E-state index in [0.717, 1.165) is 12.1 Å². The van der Waals surface area contributed by atoms with Crippen LogP contribution in [0.5, 0.6) is 0 Å². The van der Waals surface area contributed by atoms with Crippen molar-refractivity contribution in [2.75, 3.05) is 19.5 Å². The molecule has 0 aliphatic rings. The molecule has 0 aliphatic heterocycles. The Morgan fingerprint density at radius 3 is 2.86 bits per heavy atom. The Morgan fingerprint density at radius 1 is 1.64 bits per heavy atom. The van der Waals surface area contributed by atoms with Gasteiger partial charge in [0.25, 0.3) is 0 Å². The molecule has 1 heterocycles. The van der Waals surface area contributed by atoms with E-state index in [1.807, 2.05) is 6.92 Å². The molecule has 3 N–H and O–H groups in total.